The first-order valence-electron chi connectivity index (χ1n) is 7.10. The van der Waals surface area contributed by atoms with Crippen molar-refractivity contribution in [2.75, 3.05) is 4.31 Å². The predicted molar refractivity (Wildman–Crippen MR) is 86.6 cm³/mol. The molecule has 0 aromatic heterocycles. The van der Waals surface area contributed by atoms with Crippen LogP contribution >= 0.6 is 0 Å². The van der Waals surface area contributed by atoms with Crippen molar-refractivity contribution in [2.24, 2.45) is 5.73 Å². The Hall–Kier alpha value is -2.05. The summed E-state index contributed by atoms with van der Waals surface area (Å²) in [5.41, 5.74) is 5.92. The second-order valence-corrected chi connectivity index (χ2v) is 7.29. The molecule has 2 aromatic carbocycles. The Labute approximate surface area is 130 Å². The second kappa shape index (κ2) is 5.62. The standard InChI is InChI=1S/C16H18N2O3S/c1-12(17)11-16-21-15-10-6-5-9-14(15)18(22(16,19)20)13-7-3-2-4-8-13/h2-10,12,16H,11,17H2,1H3. The van der Waals surface area contributed by atoms with E-state index in [1.165, 1.54) is 4.31 Å². The number of fused-ring (bicyclic) bond motifs is 1. The molecule has 0 spiro atoms. The maximum atomic E-state index is 13.0. The molecule has 0 radical (unpaired) electrons. The number of hydrogen-bond acceptors (Lipinski definition) is 4. The quantitative estimate of drug-likeness (QED) is 0.944. The van der Waals surface area contributed by atoms with Crippen LogP contribution in [0.5, 0.6) is 5.75 Å². The van der Waals surface area contributed by atoms with Crippen molar-refractivity contribution in [1.82, 2.24) is 0 Å². The van der Waals surface area contributed by atoms with Gasteiger partial charge in [0.2, 0.25) is 5.44 Å². The number of para-hydroxylation sites is 3. The van der Waals surface area contributed by atoms with E-state index in [1.807, 2.05) is 24.3 Å². The smallest absolute Gasteiger partial charge is 0.278 e. The first-order chi connectivity index (χ1) is 10.5. The average molecular weight is 318 g/mol. The van der Waals surface area contributed by atoms with Crippen LogP contribution in [0.1, 0.15) is 13.3 Å². The third-order valence-electron chi connectivity index (χ3n) is 3.48. The predicted octanol–water partition coefficient (Wildman–Crippen LogP) is 2.61. The molecular formula is C16H18N2O3S. The summed E-state index contributed by atoms with van der Waals surface area (Å²) in [4.78, 5) is 0. The highest BCUT2D eigenvalue weighted by molar-refractivity contribution is 7.93. The molecule has 0 aliphatic carbocycles. The molecule has 3 rings (SSSR count). The molecule has 0 saturated carbocycles. The van der Waals surface area contributed by atoms with Gasteiger partial charge in [-0.05, 0) is 31.2 Å². The van der Waals surface area contributed by atoms with Gasteiger partial charge in [0.05, 0.1) is 11.4 Å². The van der Waals surface area contributed by atoms with Crippen molar-refractivity contribution < 1.29 is 13.2 Å². The lowest BCUT2D eigenvalue weighted by Crippen LogP contribution is -2.45. The van der Waals surface area contributed by atoms with E-state index in [1.54, 1.807) is 37.3 Å². The van der Waals surface area contributed by atoms with E-state index in [0.29, 0.717) is 17.1 Å². The fraction of sp³-hybridized carbons (Fsp3) is 0.250. The minimum absolute atomic E-state index is 0.236. The van der Waals surface area contributed by atoms with Gasteiger partial charge >= 0.3 is 0 Å². The summed E-state index contributed by atoms with van der Waals surface area (Å²) in [6.07, 6.45) is 0.236. The number of rotatable bonds is 3. The lowest BCUT2D eigenvalue weighted by atomic mass is 10.2. The lowest BCUT2D eigenvalue weighted by molar-refractivity contribution is 0.249. The molecule has 0 amide bonds. The van der Waals surface area contributed by atoms with Crippen molar-refractivity contribution in [3.8, 4) is 5.75 Å². The third-order valence-corrected chi connectivity index (χ3v) is 5.35. The zero-order chi connectivity index (χ0) is 15.7. The number of nitrogens with two attached hydrogens (primary N) is 1. The normalized spacial score (nSPS) is 20.8. The van der Waals surface area contributed by atoms with E-state index in [4.69, 9.17) is 10.5 Å². The SMILES string of the molecule is CC(N)CC1Oc2ccccc2N(c2ccccc2)S1(=O)=O. The first kappa shape index (κ1) is 14.9. The minimum Gasteiger partial charge on any atom is -0.470 e. The van der Waals surface area contributed by atoms with Gasteiger partial charge in [-0.25, -0.2) is 12.7 Å². The Morgan fingerprint density at radius 1 is 1.14 bits per heavy atom. The summed E-state index contributed by atoms with van der Waals surface area (Å²) in [6.45, 7) is 1.77. The highest BCUT2D eigenvalue weighted by atomic mass is 32.2. The molecule has 0 bridgehead atoms. The third kappa shape index (κ3) is 2.55. The van der Waals surface area contributed by atoms with Gasteiger partial charge in [0.15, 0.2) is 0 Å². The number of ether oxygens (including phenoxy) is 1. The first-order valence-corrected chi connectivity index (χ1v) is 8.61. The molecule has 116 valence electrons. The van der Waals surface area contributed by atoms with Crippen molar-refractivity contribution in [1.29, 1.82) is 0 Å². The molecule has 1 heterocycles. The summed E-state index contributed by atoms with van der Waals surface area (Å²) >= 11 is 0. The summed E-state index contributed by atoms with van der Waals surface area (Å²) in [6, 6.07) is 15.8. The van der Waals surface area contributed by atoms with Crippen LogP contribution < -0.4 is 14.8 Å². The lowest BCUT2D eigenvalue weighted by Gasteiger charge is -2.36. The van der Waals surface area contributed by atoms with Gasteiger partial charge in [-0.1, -0.05) is 30.3 Å². The number of hydrogen-bond donors (Lipinski definition) is 1. The van der Waals surface area contributed by atoms with Crippen molar-refractivity contribution >= 4 is 21.4 Å². The molecule has 22 heavy (non-hydrogen) atoms. The topological polar surface area (TPSA) is 72.6 Å². The second-order valence-electron chi connectivity index (χ2n) is 5.37. The molecule has 2 N–H and O–H groups in total. The van der Waals surface area contributed by atoms with Crippen molar-refractivity contribution in [3.05, 3.63) is 54.6 Å². The Morgan fingerprint density at radius 2 is 1.77 bits per heavy atom. The maximum Gasteiger partial charge on any atom is 0.278 e. The Balaban J connectivity index is 2.16. The van der Waals surface area contributed by atoms with Gasteiger partial charge in [-0.3, -0.25) is 0 Å². The van der Waals surface area contributed by atoms with Gasteiger partial charge in [0.25, 0.3) is 10.0 Å². The van der Waals surface area contributed by atoms with Crippen LogP contribution in [0.25, 0.3) is 0 Å². The number of sulfonamides is 1. The van der Waals surface area contributed by atoms with Crippen molar-refractivity contribution in [2.45, 2.75) is 24.8 Å². The molecule has 6 heteroatoms. The van der Waals surface area contributed by atoms with Gasteiger partial charge in [0.1, 0.15) is 5.75 Å². The van der Waals surface area contributed by atoms with Crippen LogP contribution in [-0.2, 0) is 10.0 Å². The largest absolute Gasteiger partial charge is 0.470 e. The molecule has 1 aliphatic heterocycles. The molecule has 0 saturated heterocycles. The van der Waals surface area contributed by atoms with Gasteiger partial charge < -0.3 is 10.5 Å². The van der Waals surface area contributed by atoms with E-state index < -0.39 is 15.5 Å². The summed E-state index contributed by atoms with van der Waals surface area (Å²) in [5, 5.41) is 0. The fourth-order valence-corrected chi connectivity index (χ4v) is 4.35. The molecule has 5 nitrogen and oxygen atoms in total. The van der Waals surface area contributed by atoms with E-state index >= 15 is 0 Å². The molecule has 2 unspecified atom stereocenters. The summed E-state index contributed by atoms with van der Waals surface area (Å²) < 4.78 is 33.0. The molecular weight excluding hydrogens is 300 g/mol. The van der Waals surface area contributed by atoms with Crippen LogP contribution in [0.4, 0.5) is 11.4 Å². The zero-order valence-corrected chi connectivity index (χ0v) is 13.0. The Morgan fingerprint density at radius 3 is 2.45 bits per heavy atom. The Kier molecular flexibility index (Phi) is 3.80. The van der Waals surface area contributed by atoms with Gasteiger partial charge in [0, 0.05) is 12.5 Å². The van der Waals surface area contributed by atoms with E-state index in [-0.39, 0.29) is 12.5 Å². The van der Waals surface area contributed by atoms with Crippen LogP contribution in [0.15, 0.2) is 54.6 Å². The van der Waals surface area contributed by atoms with Crippen LogP contribution in [0, 0.1) is 0 Å². The number of anilines is 2. The maximum absolute atomic E-state index is 13.0. The van der Waals surface area contributed by atoms with E-state index in [9.17, 15) is 8.42 Å². The molecule has 1 aliphatic rings. The molecule has 0 fully saturated rings. The van der Waals surface area contributed by atoms with Gasteiger partial charge in [-0.2, -0.15) is 0 Å². The van der Waals surface area contributed by atoms with Gasteiger partial charge in [-0.15, -0.1) is 0 Å². The number of nitrogens with zero attached hydrogens (tertiary/aromatic N) is 1. The number of benzene rings is 2. The monoisotopic (exact) mass is 318 g/mol. The van der Waals surface area contributed by atoms with Crippen LogP contribution in [0.3, 0.4) is 0 Å². The van der Waals surface area contributed by atoms with Crippen molar-refractivity contribution in [3.63, 3.8) is 0 Å². The summed E-state index contributed by atoms with van der Waals surface area (Å²) in [7, 11) is -3.69. The average Bonchev–Trinajstić information content (AvgIpc) is 2.48. The summed E-state index contributed by atoms with van der Waals surface area (Å²) in [5.74, 6) is 0.548. The Bertz CT molecular complexity index is 760. The molecule has 2 atom stereocenters. The van der Waals surface area contributed by atoms with E-state index in [2.05, 4.69) is 0 Å². The minimum atomic E-state index is -3.69. The van der Waals surface area contributed by atoms with Crippen LogP contribution in [0.2, 0.25) is 0 Å². The highest BCUT2D eigenvalue weighted by Gasteiger charge is 2.41. The zero-order valence-electron chi connectivity index (χ0n) is 12.2. The fourth-order valence-electron chi connectivity index (χ4n) is 2.50. The molecule has 2 aromatic rings. The van der Waals surface area contributed by atoms with Crippen LogP contribution in [-0.4, -0.2) is 19.9 Å². The highest BCUT2D eigenvalue weighted by Crippen LogP contribution is 2.42. The van der Waals surface area contributed by atoms with E-state index in [0.717, 1.165) is 0 Å².